The molecule has 0 heterocycles. The normalized spacial score (nSPS) is 7.48. The van der Waals surface area contributed by atoms with E-state index in [0.717, 1.165) is 27.1 Å². The van der Waals surface area contributed by atoms with E-state index in [2.05, 4.69) is 97.8 Å². The molecule has 0 aliphatic carbocycles. The minimum absolute atomic E-state index is 0. The first-order valence-corrected chi connectivity index (χ1v) is 21.1. The van der Waals surface area contributed by atoms with Gasteiger partial charge >= 0.3 is 0 Å². The smallest absolute Gasteiger partial charge is 0.0657 e. The first-order valence-electron chi connectivity index (χ1n) is 11.9. The van der Waals surface area contributed by atoms with E-state index in [1.807, 2.05) is 13.8 Å². The molecule has 9 heteroatoms. The minimum Gasteiger partial charge on any atom is -0.153 e. The molecular formula is C22H67B2P7. The molecule has 0 fully saturated rings. The summed E-state index contributed by atoms with van der Waals surface area (Å²) < 4.78 is 0. The molecule has 6 atom stereocenters. The molecule has 0 amide bonds. The zero-order valence-corrected chi connectivity index (χ0v) is 31.8. The Morgan fingerprint density at radius 1 is 0.710 bits per heavy atom. The predicted molar refractivity (Wildman–Crippen MR) is 191 cm³/mol. The monoisotopic (exact) mass is 570 g/mol. The van der Waals surface area contributed by atoms with E-state index in [4.69, 9.17) is 15.7 Å². The second-order valence-corrected chi connectivity index (χ2v) is 16.6. The molecule has 0 aromatic carbocycles. The molecule has 0 spiro atoms. The van der Waals surface area contributed by atoms with Crippen molar-refractivity contribution in [3.05, 3.63) is 0 Å². The summed E-state index contributed by atoms with van der Waals surface area (Å²) in [7, 11) is 21.9. The van der Waals surface area contributed by atoms with Crippen LogP contribution in [0.5, 0.6) is 0 Å². The Hall–Kier alpha value is 3.14. The molecule has 0 aromatic rings. The Morgan fingerprint density at radius 2 is 0.903 bits per heavy atom. The van der Waals surface area contributed by atoms with E-state index in [1.165, 1.54) is 51.4 Å². The van der Waals surface area contributed by atoms with E-state index in [0.29, 0.717) is 0 Å². The Balaban J connectivity index is -0.0000000257. The van der Waals surface area contributed by atoms with Crippen LogP contribution in [-0.2, 0) is 0 Å². The molecule has 0 saturated heterocycles. The fourth-order valence-electron chi connectivity index (χ4n) is 0.558. The van der Waals surface area contributed by atoms with Crippen molar-refractivity contribution in [2.24, 2.45) is 0 Å². The lowest BCUT2D eigenvalue weighted by Crippen LogP contribution is -1.63. The van der Waals surface area contributed by atoms with Crippen molar-refractivity contribution in [2.45, 2.75) is 126 Å². The molecule has 31 heavy (non-hydrogen) atoms. The molecule has 0 aliphatic heterocycles. The van der Waals surface area contributed by atoms with E-state index in [1.54, 1.807) is 0 Å². The van der Waals surface area contributed by atoms with Gasteiger partial charge in [0.15, 0.2) is 0 Å². The maximum absolute atomic E-state index is 5.14. The molecule has 0 saturated carbocycles. The maximum Gasteiger partial charge on any atom is 0.0657 e. The van der Waals surface area contributed by atoms with Gasteiger partial charge in [-0.2, -0.15) is 9.90 Å². The second-order valence-electron chi connectivity index (χ2n) is 5.73. The molecule has 0 bridgehead atoms. The van der Waals surface area contributed by atoms with E-state index >= 15 is 0 Å². The van der Waals surface area contributed by atoms with Crippen molar-refractivity contribution >= 4 is 77.2 Å². The molecule has 0 aliphatic rings. The van der Waals surface area contributed by atoms with Crippen molar-refractivity contribution in [1.29, 1.82) is 0 Å². The van der Waals surface area contributed by atoms with Gasteiger partial charge in [0.25, 0.3) is 0 Å². The number of hydrogen-bond donors (Lipinski definition) is 0. The van der Waals surface area contributed by atoms with Crippen LogP contribution in [-0.4, -0.2) is 35.2 Å². The third-order valence-corrected chi connectivity index (χ3v) is 2.26. The molecular weight excluding hydrogens is 503 g/mol. The van der Waals surface area contributed by atoms with Crippen molar-refractivity contribution < 1.29 is 0 Å². The van der Waals surface area contributed by atoms with Crippen LogP contribution in [0.25, 0.3) is 0 Å². The van der Waals surface area contributed by atoms with Crippen LogP contribution in [0.4, 0.5) is 0 Å². The lowest BCUT2D eigenvalue weighted by Gasteiger charge is -1.81. The van der Waals surface area contributed by atoms with Crippen LogP contribution in [0.2, 0.25) is 12.6 Å². The number of hydrogen-bond acceptors (Lipinski definition) is 0. The summed E-state index contributed by atoms with van der Waals surface area (Å²) >= 11 is 0. The van der Waals surface area contributed by atoms with Crippen molar-refractivity contribution in [3.8, 4) is 0 Å². The lowest BCUT2D eigenvalue weighted by molar-refractivity contribution is 0.772. The van der Waals surface area contributed by atoms with Crippen LogP contribution in [0.3, 0.4) is 0 Å². The third-order valence-electron chi connectivity index (χ3n) is 1.93. The van der Waals surface area contributed by atoms with Gasteiger partial charge in [-0.3, -0.25) is 0 Å². The van der Waals surface area contributed by atoms with Gasteiger partial charge in [-0.1, -0.05) is 134 Å². The van der Waals surface area contributed by atoms with Crippen molar-refractivity contribution in [2.75, 3.05) is 19.5 Å². The summed E-state index contributed by atoms with van der Waals surface area (Å²) in [6.07, 6.45) is 13.0. The van der Waals surface area contributed by atoms with Crippen LogP contribution in [0.15, 0.2) is 0 Å². The Kier molecular flexibility index (Phi) is 199. The van der Waals surface area contributed by atoms with Gasteiger partial charge in [-0.15, -0.1) is 44.3 Å². The summed E-state index contributed by atoms with van der Waals surface area (Å²) in [6.45, 7) is 23.4. The highest BCUT2D eigenvalue weighted by Crippen LogP contribution is 2.48. The van der Waals surface area contributed by atoms with Gasteiger partial charge in [0, 0.05) is 0 Å². The molecule has 0 nitrogen and oxygen atoms in total. The SMILES string of the molecule is CC.CCC.CCCC.CCCCC.CP(P)P.CPP.P.[B]CCCC.[B]CCP. The maximum atomic E-state index is 5.14. The van der Waals surface area contributed by atoms with Crippen LogP contribution in [0, 0.1) is 0 Å². The third kappa shape index (κ3) is 385. The summed E-state index contributed by atoms with van der Waals surface area (Å²) in [5, 5.41) is 0. The largest absolute Gasteiger partial charge is 0.153 e. The van der Waals surface area contributed by atoms with Crippen molar-refractivity contribution in [3.63, 3.8) is 0 Å². The quantitative estimate of drug-likeness (QED) is 0.220. The highest BCUT2D eigenvalue weighted by atomic mass is 32.4. The highest BCUT2D eigenvalue weighted by Gasteiger charge is 1.68. The fourth-order valence-corrected chi connectivity index (χ4v) is 0.558. The van der Waals surface area contributed by atoms with Gasteiger partial charge in [-0.05, 0) is 19.5 Å². The summed E-state index contributed by atoms with van der Waals surface area (Å²) in [5.74, 6) is 0. The fraction of sp³-hybridized carbons (Fsp3) is 1.00. The highest BCUT2D eigenvalue weighted by molar-refractivity contribution is 8.43. The van der Waals surface area contributed by atoms with Gasteiger partial charge in [-0.25, -0.2) is 0 Å². The molecule has 196 valence electrons. The Labute approximate surface area is 222 Å². The summed E-state index contributed by atoms with van der Waals surface area (Å²) in [4.78, 5) is 0. The van der Waals surface area contributed by atoms with E-state index in [-0.39, 0.29) is 17.2 Å². The molecule has 0 N–H and O–H groups in total. The average Bonchev–Trinajstić information content (AvgIpc) is 2.72. The first kappa shape index (κ1) is 59.3. The van der Waals surface area contributed by atoms with Crippen LogP contribution < -0.4 is 0 Å². The lowest BCUT2D eigenvalue weighted by atomic mass is 10.0. The van der Waals surface area contributed by atoms with Gasteiger partial charge in [0.05, 0.1) is 15.7 Å². The van der Waals surface area contributed by atoms with E-state index in [9.17, 15) is 0 Å². The molecule has 0 aromatic heterocycles. The minimum atomic E-state index is 0. The van der Waals surface area contributed by atoms with Crippen molar-refractivity contribution in [1.82, 2.24) is 0 Å². The number of unbranched alkanes of at least 4 members (excludes halogenated alkanes) is 4. The molecule has 6 unspecified atom stereocenters. The van der Waals surface area contributed by atoms with Crippen LogP contribution in [0.1, 0.15) is 114 Å². The first-order chi connectivity index (χ1) is 14.2. The zero-order chi connectivity index (χ0) is 26.1. The van der Waals surface area contributed by atoms with Gasteiger partial charge in [0.1, 0.15) is 0 Å². The summed E-state index contributed by atoms with van der Waals surface area (Å²) in [5.41, 5.74) is 0. The molecule has 4 radical (unpaired) electrons. The Bertz CT molecular complexity index is 126. The predicted octanol–water partition coefficient (Wildman–Crippen LogP) is 11.1. The second kappa shape index (κ2) is 104. The molecule has 0 rings (SSSR count). The Morgan fingerprint density at radius 3 is 0.903 bits per heavy atom. The average molecular weight is 570 g/mol. The van der Waals surface area contributed by atoms with Crippen LogP contribution >= 0.6 is 61.5 Å². The summed E-state index contributed by atoms with van der Waals surface area (Å²) in [6, 6.07) is 0. The van der Waals surface area contributed by atoms with E-state index < -0.39 is 0 Å². The number of rotatable bonds is 6. The topological polar surface area (TPSA) is 0 Å². The van der Waals surface area contributed by atoms with Gasteiger partial charge < -0.3 is 0 Å². The standard InChI is InChI=1S/C5H12.C4H9B.C4H10.C3H8.C2H6BP.C2H6.CH7P3.CH6P2.H3P/c1-3-5-4-2;1-2-3-4-5;1-3-4-2;1-3-2;3-1-2-4;1-2;1-4(2)3;1-3-2;/h3-5H2,1-2H3;2-4H2,1H3;3-4H2,1-2H3;3H2,1-2H3;1-2,4H2;1-2H3;2-3H2,1H3;3H,2H2,1H3;1H3. The zero-order valence-electron chi connectivity index (χ0n) is 23.9. The van der Waals surface area contributed by atoms with Gasteiger partial charge in [0.2, 0.25) is 0 Å².